The van der Waals surface area contributed by atoms with E-state index in [1.165, 1.54) is 0 Å². The van der Waals surface area contributed by atoms with Crippen LogP contribution in [0.3, 0.4) is 0 Å². The van der Waals surface area contributed by atoms with Crippen LogP contribution in [0.1, 0.15) is 6.92 Å². The van der Waals surface area contributed by atoms with Crippen LogP contribution < -0.4 is 5.73 Å². The Morgan fingerprint density at radius 1 is 2.00 bits per heavy atom. The van der Waals surface area contributed by atoms with Crippen molar-refractivity contribution in [3.8, 4) is 0 Å². The maximum absolute atomic E-state index is 5.00. The van der Waals surface area contributed by atoms with Crippen molar-refractivity contribution in [1.29, 1.82) is 0 Å². The largest absolute Gasteiger partial charge is 0.326 e. The van der Waals surface area contributed by atoms with Crippen LogP contribution >= 0.6 is 0 Å². The zero-order valence-corrected chi connectivity index (χ0v) is 3.36. The van der Waals surface area contributed by atoms with Gasteiger partial charge in [-0.15, -0.1) is 0 Å². The predicted molar refractivity (Wildman–Crippen MR) is 22.5 cm³/mol. The molecular formula is C4H8N. The van der Waals surface area contributed by atoms with Gasteiger partial charge in [0.1, 0.15) is 0 Å². The van der Waals surface area contributed by atoms with E-state index in [9.17, 15) is 0 Å². The van der Waals surface area contributed by atoms with Crippen LogP contribution in [-0.4, -0.2) is 6.54 Å². The summed E-state index contributed by atoms with van der Waals surface area (Å²) in [6.07, 6.45) is 4.57. The normalized spacial score (nSPS) is 10.0. The number of hydrogen-bond acceptors (Lipinski definition) is 1. The van der Waals surface area contributed by atoms with Crippen LogP contribution in [0.2, 0.25) is 0 Å². The molecule has 1 heteroatoms. The van der Waals surface area contributed by atoms with Crippen molar-refractivity contribution >= 4 is 0 Å². The van der Waals surface area contributed by atoms with Crippen molar-refractivity contribution in [2.24, 2.45) is 5.73 Å². The van der Waals surface area contributed by atoms with E-state index in [1.807, 2.05) is 6.92 Å². The van der Waals surface area contributed by atoms with E-state index in [0.29, 0.717) is 6.54 Å². The molecule has 0 aromatic rings. The summed E-state index contributed by atoms with van der Waals surface area (Å²) in [5.74, 6) is 0. The number of allylic oxidation sites excluding steroid dienone is 1. The Morgan fingerprint density at radius 3 is 2.60 bits per heavy atom. The Hall–Kier alpha value is -0.300. The van der Waals surface area contributed by atoms with Gasteiger partial charge in [0.15, 0.2) is 0 Å². The zero-order valence-electron chi connectivity index (χ0n) is 3.36. The second kappa shape index (κ2) is 3.70. The van der Waals surface area contributed by atoms with E-state index in [0.717, 1.165) is 0 Å². The van der Waals surface area contributed by atoms with Crippen molar-refractivity contribution in [3.63, 3.8) is 0 Å². The summed E-state index contributed by atoms with van der Waals surface area (Å²) in [5, 5.41) is 0. The first-order chi connectivity index (χ1) is 2.41. The lowest BCUT2D eigenvalue weighted by molar-refractivity contribution is 1.21. The van der Waals surface area contributed by atoms with Gasteiger partial charge in [-0.25, -0.2) is 0 Å². The molecule has 0 amide bonds. The molecule has 29 valence electrons. The molecule has 0 rings (SSSR count). The third-order valence-corrected chi connectivity index (χ3v) is 0.322. The molecule has 0 aliphatic heterocycles. The second-order valence-electron chi connectivity index (χ2n) is 0.697. The number of rotatable bonds is 1. The first-order valence-corrected chi connectivity index (χ1v) is 1.63. The lowest BCUT2D eigenvalue weighted by atomic mass is 10.5. The molecule has 0 aromatic carbocycles. The summed E-state index contributed by atoms with van der Waals surface area (Å²) in [6, 6.07) is 0. The zero-order chi connectivity index (χ0) is 4.12. The van der Waals surface area contributed by atoms with Crippen LogP contribution in [0.25, 0.3) is 0 Å². The van der Waals surface area contributed by atoms with Gasteiger partial charge in [0.25, 0.3) is 0 Å². The van der Waals surface area contributed by atoms with Gasteiger partial charge in [-0.05, 0) is 13.0 Å². The predicted octanol–water partition coefficient (Wildman–Crippen LogP) is 0.324. The monoisotopic (exact) mass is 70.1 g/mol. The molecule has 1 nitrogen and oxygen atoms in total. The van der Waals surface area contributed by atoms with Gasteiger partial charge in [0.2, 0.25) is 0 Å². The van der Waals surface area contributed by atoms with E-state index in [4.69, 9.17) is 5.73 Å². The highest BCUT2D eigenvalue weighted by atomic mass is 14.5. The van der Waals surface area contributed by atoms with Gasteiger partial charge in [0.05, 0.1) is 0 Å². The van der Waals surface area contributed by atoms with Crippen LogP contribution in [-0.2, 0) is 0 Å². The topological polar surface area (TPSA) is 26.0 Å². The molecular weight excluding hydrogens is 62.1 g/mol. The minimum absolute atomic E-state index is 0.538. The molecule has 0 spiro atoms. The fourth-order valence-corrected chi connectivity index (χ4v) is 0.118. The lowest BCUT2D eigenvalue weighted by Gasteiger charge is -1.65. The summed E-state index contributed by atoms with van der Waals surface area (Å²) >= 11 is 0. The van der Waals surface area contributed by atoms with E-state index >= 15 is 0 Å². The quantitative estimate of drug-likeness (QED) is 0.472. The highest BCUT2D eigenvalue weighted by Gasteiger charge is 1.52. The van der Waals surface area contributed by atoms with Crippen molar-refractivity contribution in [3.05, 3.63) is 12.2 Å². The third-order valence-electron chi connectivity index (χ3n) is 0.322. The maximum atomic E-state index is 5.00. The average molecular weight is 70.1 g/mol. The van der Waals surface area contributed by atoms with Gasteiger partial charge < -0.3 is 5.73 Å². The van der Waals surface area contributed by atoms with Gasteiger partial charge >= 0.3 is 0 Å². The lowest BCUT2D eigenvalue weighted by Crippen LogP contribution is -1.91. The molecule has 5 heavy (non-hydrogen) atoms. The Morgan fingerprint density at radius 2 is 2.60 bits per heavy atom. The molecule has 0 aliphatic rings. The minimum Gasteiger partial charge on any atom is -0.326 e. The Kier molecular flexibility index (Phi) is 3.48. The van der Waals surface area contributed by atoms with Crippen molar-refractivity contribution < 1.29 is 0 Å². The van der Waals surface area contributed by atoms with E-state index in [1.54, 1.807) is 6.08 Å². The summed E-state index contributed by atoms with van der Waals surface area (Å²) in [4.78, 5) is 0. The van der Waals surface area contributed by atoms with Crippen LogP contribution in [0.15, 0.2) is 6.08 Å². The molecule has 0 atom stereocenters. The molecule has 0 bridgehead atoms. The molecule has 0 saturated carbocycles. The fraction of sp³-hybridized carbons (Fsp3) is 0.500. The Labute approximate surface area is 32.5 Å². The first kappa shape index (κ1) is 4.70. The second-order valence-corrected chi connectivity index (χ2v) is 0.697. The summed E-state index contributed by atoms with van der Waals surface area (Å²) in [7, 11) is 0. The van der Waals surface area contributed by atoms with E-state index in [-0.39, 0.29) is 0 Å². The molecule has 0 fully saturated rings. The molecule has 0 saturated heterocycles. The summed E-state index contributed by atoms with van der Waals surface area (Å²) < 4.78 is 0. The Bertz CT molecular complexity index is 30.6. The molecule has 0 aliphatic carbocycles. The minimum atomic E-state index is 0.538. The molecule has 0 aromatic heterocycles. The maximum Gasteiger partial charge on any atom is 0.0177 e. The highest BCUT2D eigenvalue weighted by Crippen LogP contribution is 1.55. The first-order valence-electron chi connectivity index (χ1n) is 1.63. The van der Waals surface area contributed by atoms with Crippen LogP contribution in [0.4, 0.5) is 0 Å². The molecule has 0 unspecified atom stereocenters. The van der Waals surface area contributed by atoms with E-state index < -0.39 is 0 Å². The standard InChI is InChI=1S/C4H8N/c1-2-3-4-5/h2H,4-5H2,1H3. The van der Waals surface area contributed by atoms with Crippen LogP contribution in [0.5, 0.6) is 0 Å². The van der Waals surface area contributed by atoms with Crippen molar-refractivity contribution in [1.82, 2.24) is 0 Å². The molecule has 1 radical (unpaired) electrons. The smallest absolute Gasteiger partial charge is 0.0177 e. The van der Waals surface area contributed by atoms with Crippen molar-refractivity contribution in [2.45, 2.75) is 6.92 Å². The fourth-order valence-electron chi connectivity index (χ4n) is 0.118. The SMILES string of the molecule is C/C=[C]/CN. The van der Waals surface area contributed by atoms with E-state index in [2.05, 4.69) is 6.08 Å². The third kappa shape index (κ3) is 3.70. The summed E-state index contributed by atoms with van der Waals surface area (Å²) in [6.45, 7) is 2.43. The van der Waals surface area contributed by atoms with Gasteiger partial charge in [-0.3, -0.25) is 0 Å². The van der Waals surface area contributed by atoms with Gasteiger partial charge in [-0.1, -0.05) is 6.08 Å². The van der Waals surface area contributed by atoms with Crippen molar-refractivity contribution in [2.75, 3.05) is 6.54 Å². The number of hydrogen-bond donors (Lipinski definition) is 1. The Balaban J connectivity index is 2.62. The molecule has 2 N–H and O–H groups in total. The highest BCUT2D eigenvalue weighted by molar-refractivity contribution is 4.66. The summed E-state index contributed by atoms with van der Waals surface area (Å²) in [5.41, 5.74) is 5.00. The average Bonchev–Trinajstić information content (AvgIpc) is 1.41. The van der Waals surface area contributed by atoms with Gasteiger partial charge in [-0.2, -0.15) is 0 Å². The van der Waals surface area contributed by atoms with Gasteiger partial charge in [0, 0.05) is 6.54 Å². The number of nitrogens with two attached hydrogens (primary N) is 1. The molecule has 0 heterocycles. The van der Waals surface area contributed by atoms with Crippen LogP contribution in [0, 0.1) is 6.08 Å².